The maximum atomic E-state index is 13.0. The highest BCUT2D eigenvalue weighted by Gasteiger charge is 2.32. The molecule has 1 heterocycles. The van der Waals surface area contributed by atoms with E-state index in [0.717, 1.165) is 25.7 Å². The molecule has 178 valence electrons. The van der Waals surface area contributed by atoms with Crippen molar-refractivity contribution in [2.75, 3.05) is 26.2 Å². The molecule has 3 atom stereocenters. The number of ketones is 1. The van der Waals surface area contributed by atoms with Crippen LogP contribution >= 0.6 is 0 Å². The summed E-state index contributed by atoms with van der Waals surface area (Å²) < 4.78 is 0. The molecule has 0 aliphatic carbocycles. The van der Waals surface area contributed by atoms with Crippen LogP contribution in [0.15, 0.2) is 0 Å². The van der Waals surface area contributed by atoms with E-state index in [9.17, 15) is 19.2 Å². The smallest absolute Gasteiger partial charge is 0.318 e. The Hall–Kier alpha value is -2.16. The fraction of sp³-hybridized carbons (Fsp3) is 0.818. The van der Waals surface area contributed by atoms with Crippen LogP contribution in [0.1, 0.15) is 72.6 Å². The van der Waals surface area contributed by atoms with E-state index >= 15 is 0 Å². The predicted molar refractivity (Wildman–Crippen MR) is 117 cm³/mol. The first kappa shape index (κ1) is 26.9. The third-order valence-electron chi connectivity index (χ3n) is 6.13. The first-order valence-electron chi connectivity index (χ1n) is 11.6. The van der Waals surface area contributed by atoms with E-state index in [-0.39, 0.29) is 30.1 Å². The number of carbonyl (C=O) groups excluding carboxylic acids is 4. The lowest BCUT2D eigenvalue weighted by Gasteiger charge is -2.37. The van der Waals surface area contributed by atoms with Gasteiger partial charge < -0.3 is 15.1 Å². The van der Waals surface area contributed by atoms with Gasteiger partial charge in [0.25, 0.3) is 0 Å². The summed E-state index contributed by atoms with van der Waals surface area (Å²) in [5.41, 5.74) is 1.61. The average molecular weight is 441 g/mol. The molecule has 0 aromatic heterocycles. The van der Waals surface area contributed by atoms with Crippen molar-refractivity contribution in [3.8, 4) is 0 Å². The van der Waals surface area contributed by atoms with Crippen molar-refractivity contribution >= 4 is 23.6 Å². The van der Waals surface area contributed by atoms with E-state index in [2.05, 4.69) is 12.2 Å². The molecule has 0 aromatic carbocycles. The average Bonchev–Trinajstić information content (AvgIpc) is 2.80. The highest BCUT2D eigenvalue weighted by molar-refractivity contribution is 5.89. The van der Waals surface area contributed by atoms with Crippen LogP contribution in [0.25, 0.3) is 0 Å². The number of carbonyl (C=O) groups is 4. The molecule has 0 unspecified atom stereocenters. The second-order valence-electron chi connectivity index (χ2n) is 8.38. The van der Waals surface area contributed by atoms with Crippen molar-refractivity contribution in [3.05, 3.63) is 0 Å². The summed E-state index contributed by atoms with van der Waals surface area (Å²) in [4.78, 5) is 52.8. The monoisotopic (exact) mass is 440 g/mol. The first-order valence-corrected chi connectivity index (χ1v) is 11.6. The van der Waals surface area contributed by atoms with Gasteiger partial charge >= 0.3 is 6.03 Å². The maximum Gasteiger partial charge on any atom is 0.318 e. The van der Waals surface area contributed by atoms with Gasteiger partial charge in [0.15, 0.2) is 5.78 Å². The zero-order chi connectivity index (χ0) is 23.4. The van der Waals surface area contributed by atoms with Gasteiger partial charge in [-0.05, 0) is 12.3 Å². The lowest BCUT2D eigenvalue weighted by Crippen LogP contribution is -2.57. The van der Waals surface area contributed by atoms with Gasteiger partial charge in [-0.25, -0.2) is 10.3 Å². The Morgan fingerprint density at radius 2 is 1.58 bits per heavy atom. The third kappa shape index (κ3) is 8.47. The van der Waals surface area contributed by atoms with E-state index in [1.165, 1.54) is 0 Å². The molecule has 3 N–H and O–H groups in total. The number of rotatable bonds is 12. The van der Waals surface area contributed by atoms with E-state index in [1.54, 1.807) is 22.2 Å². The molecule has 1 rings (SSSR count). The summed E-state index contributed by atoms with van der Waals surface area (Å²) in [7, 11) is 0. The molecule has 1 aliphatic rings. The molecule has 0 bridgehead atoms. The predicted octanol–water partition coefficient (Wildman–Crippen LogP) is 2.33. The normalized spacial score (nSPS) is 16.9. The van der Waals surface area contributed by atoms with Crippen LogP contribution in [0.3, 0.4) is 0 Å². The van der Waals surface area contributed by atoms with Crippen LogP contribution in [0, 0.1) is 11.8 Å². The van der Waals surface area contributed by atoms with E-state index < -0.39 is 17.9 Å². The number of amides is 4. The Morgan fingerprint density at radius 3 is 2.10 bits per heavy atom. The van der Waals surface area contributed by atoms with Gasteiger partial charge in [-0.1, -0.05) is 53.4 Å². The van der Waals surface area contributed by atoms with Crippen molar-refractivity contribution in [2.45, 2.75) is 78.7 Å². The zero-order valence-electron chi connectivity index (χ0n) is 19.5. The van der Waals surface area contributed by atoms with Crippen molar-refractivity contribution in [1.29, 1.82) is 0 Å². The van der Waals surface area contributed by atoms with Gasteiger partial charge in [0.1, 0.15) is 0 Å². The molecule has 9 heteroatoms. The fourth-order valence-electron chi connectivity index (χ4n) is 3.83. The van der Waals surface area contributed by atoms with Gasteiger partial charge in [0.05, 0.1) is 6.04 Å². The number of piperazine rings is 1. The Kier molecular flexibility index (Phi) is 12.1. The minimum Gasteiger partial charge on any atom is -0.339 e. The molecule has 31 heavy (non-hydrogen) atoms. The highest BCUT2D eigenvalue weighted by Crippen LogP contribution is 2.19. The van der Waals surface area contributed by atoms with Gasteiger partial charge in [-0.3, -0.25) is 19.6 Å². The van der Waals surface area contributed by atoms with Crippen molar-refractivity contribution in [2.24, 2.45) is 11.8 Å². The highest BCUT2D eigenvalue weighted by atomic mass is 16.5. The van der Waals surface area contributed by atoms with E-state index in [4.69, 9.17) is 5.21 Å². The zero-order valence-corrected chi connectivity index (χ0v) is 19.5. The fourth-order valence-corrected chi connectivity index (χ4v) is 3.83. The number of urea groups is 1. The number of nitrogens with zero attached hydrogens (tertiary/aromatic N) is 2. The lowest BCUT2D eigenvalue weighted by molar-refractivity contribution is -0.141. The molecule has 0 saturated carbocycles. The molecular formula is C22H40N4O5. The maximum absolute atomic E-state index is 13.0. The molecule has 1 fully saturated rings. The van der Waals surface area contributed by atoms with E-state index in [0.29, 0.717) is 39.0 Å². The SMILES string of the molecule is CCCCC[C@H](CC(=O)NO)C(=O)N1CCN(C(=O)N[C@@H](C(=O)CC)[C@H](C)CC)CC1. The lowest BCUT2D eigenvalue weighted by atomic mass is 9.94. The Bertz CT molecular complexity index is 605. The first-order chi connectivity index (χ1) is 14.8. The molecule has 0 spiro atoms. The summed E-state index contributed by atoms with van der Waals surface area (Å²) in [5.74, 6) is -1.08. The van der Waals surface area contributed by atoms with Crippen LogP contribution in [0.4, 0.5) is 4.79 Å². The number of Topliss-reactive ketones (excluding diaryl/α,β-unsaturated/α-hetero) is 1. The molecule has 0 aromatic rings. The van der Waals surface area contributed by atoms with E-state index in [1.807, 2.05) is 13.8 Å². The minimum atomic E-state index is -0.565. The quantitative estimate of drug-likeness (QED) is 0.244. The van der Waals surface area contributed by atoms with Gasteiger partial charge in [0.2, 0.25) is 11.8 Å². The number of unbranched alkanes of at least 4 members (excludes halogenated alkanes) is 2. The molecule has 1 aliphatic heterocycles. The van der Waals surface area contributed by atoms with Gasteiger partial charge in [0, 0.05) is 44.9 Å². The minimum absolute atomic E-state index is 0.0218. The van der Waals surface area contributed by atoms with Gasteiger partial charge in [-0.2, -0.15) is 0 Å². The van der Waals surface area contributed by atoms with Crippen molar-refractivity contribution < 1.29 is 24.4 Å². The molecule has 1 saturated heterocycles. The Labute approximate surface area is 185 Å². The molecular weight excluding hydrogens is 400 g/mol. The molecule has 4 amide bonds. The molecule has 0 radical (unpaired) electrons. The van der Waals surface area contributed by atoms with Crippen LogP contribution in [-0.4, -0.2) is 70.9 Å². The standard InChI is InChI=1S/C22H40N4O5/c1-5-8-9-10-17(15-19(28)24-31)21(29)25-11-13-26(14-12-25)22(30)23-20(16(4)6-2)18(27)7-3/h16-17,20,31H,5-15H2,1-4H3,(H,23,30)(H,24,28)/t16-,17-,20-/m1/s1. The summed E-state index contributed by atoms with van der Waals surface area (Å²) in [5, 5.41) is 11.7. The second kappa shape index (κ2) is 14.0. The van der Waals surface area contributed by atoms with Crippen LogP contribution in [0.2, 0.25) is 0 Å². The summed E-state index contributed by atoms with van der Waals surface area (Å²) in [6, 6.07) is -0.777. The number of hydrogen-bond donors (Lipinski definition) is 3. The Balaban J connectivity index is 2.67. The second-order valence-corrected chi connectivity index (χ2v) is 8.38. The number of hydrogen-bond acceptors (Lipinski definition) is 5. The number of nitrogens with one attached hydrogen (secondary N) is 2. The Morgan fingerprint density at radius 1 is 0.968 bits per heavy atom. The van der Waals surface area contributed by atoms with Crippen molar-refractivity contribution in [1.82, 2.24) is 20.6 Å². The van der Waals surface area contributed by atoms with Crippen LogP contribution < -0.4 is 10.8 Å². The van der Waals surface area contributed by atoms with Crippen molar-refractivity contribution in [3.63, 3.8) is 0 Å². The summed E-state index contributed by atoms with van der Waals surface area (Å²) >= 11 is 0. The third-order valence-corrected chi connectivity index (χ3v) is 6.13. The largest absolute Gasteiger partial charge is 0.339 e. The van der Waals surface area contributed by atoms with Crippen LogP contribution in [0.5, 0.6) is 0 Å². The van der Waals surface area contributed by atoms with Crippen LogP contribution in [-0.2, 0) is 14.4 Å². The summed E-state index contributed by atoms with van der Waals surface area (Å²) in [6.07, 6.45) is 4.55. The van der Waals surface area contributed by atoms with Gasteiger partial charge in [-0.15, -0.1) is 0 Å². The topological polar surface area (TPSA) is 119 Å². The number of hydroxylamine groups is 1. The summed E-state index contributed by atoms with van der Waals surface area (Å²) in [6.45, 7) is 9.32. The molecule has 9 nitrogen and oxygen atoms in total.